The van der Waals surface area contributed by atoms with Gasteiger partial charge in [0.05, 0.1) is 6.61 Å². The van der Waals surface area contributed by atoms with Gasteiger partial charge in [0.2, 0.25) is 0 Å². The molecule has 13 nitrogen and oxygen atoms in total. The van der Waals surface area contributed by atoms with Crippen LogP contribution in [0.1, 0.15) is 194 Å². The van der Waals surface area contributed by atoms with Crippen molar-refractivity contribution >= 4 is 19.8 Å². The first kappa shape index (κ1) is 57.1. The molecule has 1 aliphatic rings. The molecule has 1 saturated carbocycles. The Bertz CT molecular complexity index is 1210. The van der Waals surface area contributed by atoms with Gasteiger partial charge in [0.15, 0.2) is 6.10 Å². The fraction of sp³-hybridized carbons (Fsp3) is 0.830. The van der Waals surface area contributed by atoms with Gasteiger partial charge in [-0.15, -0.1) is 0 Å². The summed E-state index contributed by atoms with van der Waals surface area (Å²) in [5.41, 5.74) is 0. The van der Waals surface area contributed by atoms with Gasteiger partial charge in [-0.25, -0.2) is 4.57 Å². The highest BCUT2D eigenvalue weighted by Gasteiger charge is 2.51. The molecule has 0 aromatic carbocycles. The summed E-state index contributed by atoms with van der Waals surface area (Å²) < 4.78 is 33.5. The number of hydrogen-bond acceptors (Lipinski definition) is 12. The summed E-state index contributed by atoms with van der Waals surface area (Å²) in [5, 5.41) is 50.2. The van der Waals surface area contributed by atoms with E-state index >= 15 is 0 Å². The molecule has 356 valence electrons. The second-order valence-electron chi connectivity index (χ2n) is 16.6. The molecule has 6 unspecified atom stereocenters. The molecule has 0 heterocycles. The lowest BCUT2D eigenvalue weighted by molar-refractivity contribution is -0.220. The van der Waals surface area contributed by atoms with E-state index in [1.54, 1.807) is 0 Å². The van der Waals surface area contributed by atoms with Crippen molar-refractivity contribution in [1.82, 2.24) is 0 Å². The zero-order valence-corrected chi connectivity index (χ0v) is 38.6. The number of phosphoric ester groups is 1. The summed E-state index contributed by atoms with van der Waals surface area (Å²) in [7, 11) is -5.12. The summed E-state index contributed by atoms with van der Waals surface area (Å²) in [6.45, 7) is 3.26. The van der Waals surface area contributed by atoms with Crippen LogP contribution in [0.5, 0.6) is 0 Å². The number of carbonyl (C=O) groups excluding carboxylic acids is 2. The molecule has 0 aromatic rings. The van der Waals surface area contributed by atoms with E-state index in [1.165, 1.54) is 77.0 Å². The monoisotopic (exact) mass is 889 g/mol. The van der Waals surface area contributed by atoms with Crippen molar-refractivity contribution in [2.24, 2.45) is 0 Å². The SMILES string of the molecule is CCCCC/C=C\C/C=C\CCCCCCCC(=O)OC[C@H](COP(=O)(O)OC1C(O)C(O)C(O)[C@@H](O)C1O)OC(=O)CCCCCCCCC/C=C\CCCCCCCC. The van der Waals surface area contributed by atoms with Gasteiger partial charge >= 0.3 is 19.8 Å². The van der Waals surface area contributed by atoms with Crippen LogP contribution >= 0.6 is 7.82 Å². The second kappa shape index (κ2) is 37.4. The van der Waals surface area contributed by atoms with Gasteiger partial charge in [0, 0.05) is 12.8 Å². The maximum Gasteiger partial charge on any atom is 0.472 e. The van der Waals surface area contributed by atoms with Crippen LogP contribution in [0.3, 0.4) is 0 Å². The van der Waals surface area contributed by atoms with E-state index in [1.807, 2.05) is 0 Å². The molecule has 0 aromatic heterocycles. The number of allylic oxidation sites excluding steroid dienone is 6. The van der Waals surface area contributed by atoms with Crippen LogP contribution in [0.15, 0.2) is 36.5 Å². The maximum absolute atomic E-state index is 12.8. The molecular formula is C47H85O13P. The standard InChI is InChI=1S/C47H85O13P/c1-3-5-7-9-11-13-15-17-19-20-22-24-26-28-30-32-34-36-41(49)59-39(38-58-61(55,56)60-47-45(53)43(51)42(50)44(52)46(47)54)37-57-40(48)35-33-31-29-27-25-23-21-18-16-14-12-10-8-6-4-2/h12,14,17-19,21,39,42-47,50-54H,3-11,13,15-16,20,22-38H2,1-2H3,(H,55,56)/b14-12-,19-17-,21-18-/t39-,42?,43-,44?,45?,46?,47?/m1/s1. The van der Waals surface area contributed by atoms with E-state index in [4.69, 9.17) is 18.5 Å². The van der Waals surface area contributed by atoms with Gasteiger partial charge in [0.1, 0.15) is 43.2 Å². The van der Waals surface area contributed by atoms with Gasteiger partial charge in [-0.1, -0.05) is 147 Å². The van der Waals surface area contributed by atoms with Gasteiger partial charge in [-0.3, -0.25) is 18.6 Å². The Kier molecular flexibility index (Phi) is 35.0. The number of esters is 2. The molecule has 6 N–H and O–H groups in total. The fourth-order valence-electron chi connectivity index (χ4n) is 7.08. The summed E-state index contributed by atoms with van der Waals surface area (Å²) >= 11 is 0. The maximum atomic E-state index is 12.8. The molecular weight excluding hydrogens is 803 g/mol. The average Bonchev–Trinajstić information content (AvgIpc) is 3.24. The number of unbranched alkanes of at least 4 members (excludes halogenated alkanes) is 21. The van der Waals surface area contributed by atoms with Crippen LogP contribution < -0.4 is 0 Å². The van der Waals surface area contributed by atoms with Crippen LogP contribution in [0.25, 0.3) is 0 Å². The number of rotatable bonds is 39. The lowest BCUT2D eigenvalue weighted by Gasteiger charge is -2.41. The Morgan fingerprint density at radius 3 is 1.38 bits per heavy atom. The third kappa shape index (κ3) is 30.0. The van der Waals surface area contributed by atoms with Crippen molar-refractivity contribution in [1.29, 1.82) is 0 Å². The van der Waals surface area contributed by atoms with Crippen LogP contribution in [0.2, 0.25) is 0 Å². The Balaban J connectivity index is 2.46. The van der Waals surface area contributed by atoms with Crippen molar-refractivity contribution in [3.05, 3.63) is 36.5 Å². The predicted octanol–water partition coefficient (Wildman–Crippen LogP) is 9.39. The number of ether oxygens (including phenoxy) is 2. The van der Waals surface area contributed by atoms with Crippen molar-refractivity contribution in [2.75, 3.05) is 13.2 Å². The summed E-state index contributed by atoms with van der Waals surface area (Å²) in [5.74, 6) is -1.12. The Morgan fingerprint density at radius 2 is 0.885 bits per heavy atom. The van der Waals surface area contributed by atoms with E-state index in [2.05, 4.69) is 50.3 Å². The lowest BCUT2D eigenvalue weighted by atomic mass is 9.85. The fourth-order valence-corrected chi connectivity index (χ4v) is 8.05. The molecule has 0 saturated heterocycles. The number of phosphoric acid groups is 1. The van der Waals surface area contributed by atoms with E-state index in [-0.39, 0.29) is 12.8 Å². The van der Waals surface area contributed by atoms with Crippen LogP contribution in [-0.4, -0.2) is 98.3 Å². The zero-order chi connectivity index (χ0) is 45.0. The first-order chi connectivity index (χ1) is 29.4. The van der Waals surface area contributed by atoms with Crippen molar-refractivity contribution < 1.29 is 63.1 Å². The molecule has 1 fully saturated rings. The number of aliphatic hydroxyl groups is 5. The van der Waals surface area contributed by atoms with Crippen molar-refractivity contribution in [3.63, 3.8) is 0 Å². The van der Waals surface area contributed by atoms with E-state index < -0.39 is 75.7 Å². The topological polar surface area (TPSA) is 210 Å². The normalized spacial score (nSPS) is 22.3. The Hall–Kier alpha value is -1.93. The molecule has 0 aliphatic heterocycles. The highest BCUT2D eigenvalue weighted by molar-refractivity contribution is 7.47. The van der Waals surface area contributed by atoms with E-state index in [0.717, 1.165) is 77.0 Å². The van der Waals surface area contributed by atoms with Gasteiger partial charge in [-0.05, 0) is 70.6 Å². The largest absolute Gasteiger partial charge is 0.472 e. The smallest absolute Gasteiger partial charge is 0.462 e. The third-order valence-electron chi connectivity index (χ3n) is 11.0. The lowest BCUT2D eigenvalue weighted by Crippen LogP contribution is -2.64. The second-order valence-corrected chi connectivity index (χ2v) is 18.0. The molecule has 61 heavy (non-hydrogen) atoms. The third-order valence-corrected chi connectivity index (χ3v) is 11.9. The molecule has 1 rings (SSSR count). The molecule has 0 radical (unpaired) electrons. The quantitative estimate of drug-likeness (QED) is 0.0147. The minimum absolute atomic E-state index is 0.0889. The minimum Gasteiger partial charge on any atom is -0.462 e. The van der Waals surface area contributed by atoms with Gasteiger partial charge in [0.25, 0.3) is 0 Å². The first-order valence-electron chi connectivity index (χ1n) is 23.8. The summed E-state index contributed by atoms with van der Waals surface area (Å²) in [6.07, 6.45) is 29.0. The Labute approximate surface area is 368 Å². The van der Waals surface area contributed by atoms with E-state index in [0.29, 0.717) is 12.8 Å². The summed E-state index contributed by atoms with van der Waals surface area (Å²) in [6, 6.07) is 0. The molecule has 0 spiro atoms. The minimum atomic E-state index is -5.12. The predicted molar refractivity (Wildman–Crippen MR) is 240 cm³/mol. The van der Waals surface area contributed by atoms with Gasteiger partial charge < -0.3 is 39.9 Å². The molecule has 0 amide bonds. The van der Waals surface area contributed by atoms with Crippen molar-refractivity contribution in [2.45, 2.75) is 236 Å². The molecule has 14 heteroatoms. The molecule has 0 bridgehead atoms. The van der Waals surface area contributed by atoms with Crippen LogP contribution in [0.4, 0.5) is 0 Å². The number of carbonyl (C=O) groups is 2. The highest BCUT2D eigenvalue weighted by atomic mass is 31.2. The van der Waals surface area contributed by atoms with Crippen LogP contribution in [0, 0.1) is 0 Å². The average molecular weight is 889 g/mol. The number of aliphatic hydroxyl groups excluding tert-OH is 5. The van der Waals surface area contributed by atoms with E-state index in [9.17, 15) is 44.6 Å². The van der Waals surface area contributed by atoms with Gasteiger partial charge in [-0.2, -0.15) is 0 Å². The van der Waals surface area contributed by atoms with Crippen molar-refractivity contribution in [3.8, 4) is 0 Å². The molecule has 1 aliphatic carbocycles. The molecule has 8 atom stereocenters. The highest BCUT2D eigenvalue weighted by Crippen LogP contribution is 2.47. The summed E-state index contributed by atoms with van der Waals surface area (Å²) in [4.78, 5) is 35.7. The first-order valence-corrected chi connectivity index (χ1v) is 25.3. The zero-order valence-electron chi connectivity index (χ0n) is 37.7. The number of hydrogen-bond donors (Lipinski definition) is 6. The Morgan fingerprint density at radius 1 is 0.508 bits per heavy atom. The van der Waals surface area contributed by atoms with Crippen LogP contribution in [-0.2, 0) is 32.7 Å².